The van der Waals surface area contributed by atoms with E-state index in [9.17, 15) is 9.59 Å². The molecule has 2 aliphatic rings. The Hall–Kier alpha value is -3.38. The highest BCUT2D eigenvalue weighted by atomic mass is 35.5. The lowest BCUT2D eigenvalue weighted by atomic mass is 10.1. The smallest absolute Gasteiger partial charge is 0.254 e. The Bertz CT molecular complexity index is 1120. The quantitative estimate of drug-likeness (QED) is 0.627. The third-order valence-corrected chi connectivity index (χ3v) is 5.93. The predicted octanol–water partition coefficient (Wildman–Crippen LogP) is 3.94. The summed E-state index contributed by atoms with van der Waals surface area (Å²) in [4.78, 5) is 34.5. The van der Waals surface area contributed by atoms with Gasteiger partial charge >= 0.3 is 0 Å². The highest BCUT2D eigenvalue weighted by molar-refractivity contribution is 6.30. The van der Waals surface area contributed by atoms with Crippen LogP contribution < -0.4 is 9.64 Å². The van der Waals surface area contributed by atoms with E-state index in [2.05, 4.69) is 4.98 Å². The lowest BCUT2D eigenvalue weighted by Crippen LogP contribution is -2.47. The molecule has 1 aromatic heterocycles. The number of nitrogens with zero attached hydrogens (tertiary/aromatic N) is 3. The van der Waals surface area contributed by atoms with Crippen LogP contribution in [0.4, 0.5) is 5.69 Å². The van der Waals surface area contributed by atoms with Gasteiger partial charge in [-0.3, -0.25) is 14.6 Å². The fraction of sp³-hybridized carbons (Fsp3) is 0.208. The first-order valence-electron chi connectivity index (χ1n) is 10.1. The van der Waals surface area contributed by atoms with Crippen molar-refractivity contribution < 1.29 is 14.3 Å². The molecule has 2 aliphatic heterocycles. The molecule has 1 saturated heterocycles. The summed E-state index contributed by atoms with van der Waals surface area (Å²) in [5.74, 6) is 0.321. The average molecular weight is 434 g/mol. The highest BCUT2D eigenvalue weighted by Gasteiger charge is 2.45. The SMILES string of the molecule is O=C1[C@@H]2C[C@@H](CN2C(=O)c2ccc(Cl)cc2)Oc2ccccc2N1Cc1cccnc1. The number of carbonyl (C=O) groups excluding carboxylic acids is 2. The number of halogens is 1. The standard InChI is InChI=1S/C24H20ClN3O3/c25-18-9-7-17(8-10-18)23(29)28-15-19-12-21(28)24(30)27(14-16-4-3-11-26-13-16)20-5-1-2-6-22(20)31-19/h1-11,13,19,21H,12,14-15H2/t19-,21-/m0/s1. The van der Waals surface area contributed by atoms with Crippen LogP contribution >= 0.6 is 11.6 Å². The van der Waals surface area contributed by atoms with Crippen molar-refractivity contribution in [3.63, 3.8) is 0 Å². The van der Waals surface area contributed by atoms with Crippen LogP contribution in [0.5, 0.6) is 5.75 Å². The van der Waals surface area contributed by atoms with Crippen molar-refractivity contribution in [2.24, 2.45) is 0 Å². The number of likely N-dealkylation sites (tertiary alicyclic amines) is 1. The molecule has 3 heterocycles. The first-order valence-corrected chi connectivity index (χ1v) is 10.5. The minimum Gasteiger partial charge on any atom is -0.486 e. The van der Waals surface area contributed by atoms with Gasteiger partial charge in [-0.2, -0.15) is 0 Å². The molecule has 0 unspecified atom stereocenters. The summed E-state index contributed by atoms with van der Waals surface area (Å²) in [5.41, 5.74) is 2.10. The molecule has 0 aliphatic carbocycles. The van der Waals surface area contributed by atoms with Crippen molar-refractivity contribution in [1.82, 2.24) is 9.88 Å². The normalized spacial score (nSPS) is 20.0. The van der Waals surface area contributed by atoms with Gasteiger partial charge in [-0.15, -0.1) is 0 Å². The number of para-hydroxylation sites is 2. The summed E-state index contributed by atoms with van der Waals surface area (Å²) < 4.78 is 6.25. The molecule has 31 heavy (non-hydrogen) atoms. The summed E-state index contributed by atoms with van der Waals surface area (Å²) in [6.07, 6.45) is 3.65. The number of fused-ring (bicyclic) bond motifs is 3. The highest BCUT2D eigenvalue weighted by Crippen LogP contribution is 2.37. The number of aromatic nitrogens is 1. The van der Waals surface area contributed by atoms with E-state index in [1.165, 1.54) is 0 Å². The summed E-state index contributed by atoms with van der Waals surface area (Å²) in [5, 5.41) is 0.558. The molecule has 2 aromatic carbocycles. The minimum atomic E-state index is -0.599. The molecule has 2 amide bonds. The van der Waals surface area contributed by atoms with Crippen LogP contribution in [0.3, 0.4) is 0 Å². The molecule has 3 aromatic rings. The molecular formula is C24H20ClN3O3. The molecule has 0 N–H and O–H groups in total. The number of hydrogen-bond donors (Lipinski definition) is 0. The minimum absolute atomic E-state index is 0.121. The third-order valence-electron chi connectivity index (χ3n) is 5.68. The van der Waals surface area contributed by atoms with E-state index >= 15 is 0 Å². The van der Waals surface area contributed by atoms with Crippen molar-refractivity contribution >= 4 is 29.1 Å². The Morgan fingerprint density at radius 3 is 2.68 bits per heavy atom. The van der Waals surface area contributed by atoms with Gasteiger partial charge in [-0.1, -0.05) is 29.8 Å². The Balaban J connectivity index is 1.52. The molecule has 0 radical (unpaired) electrons. The van der Waals surface area contributed by atoms with Gasteiger partial charge in [0.1, 0.15) is 17.9 Å². The Morgan fingerprint density at radius 2 is 1.90 bits per heavy atom. The van der Waals surface area contributed by atoms with Gasteiger partial charge in [0.15, 0.2) is 0 Å². The van der Waals surface area contributed by atoms with E-state index in [4.69, 9.17) is 16.3 Å². The van der Waals surface area contributed by atoms with Crippen LogP contribution in [0.25, 0.3) is 0 Å². The zero-order valence-electron chi connectivity index (χ0n) is 16.6. The molecule has 5 rings (SSSR count). The molecule has 0 spiro atoms. The maximum atomic E-state index is 13.8. The maximum Gasteiger partial charge on any atom is 0.254 e. The van der Waals surface area contributed by atoms with Crippen LogP contribution in [0.2, 0.25) is 5.02 Å². The van der Waals surface area contributed by atoms with Crippen LogP contribution in [0.15, 0.2) is 73.1 Å². The maximum absolute atomic E-state index is 13.8. The van der Waals surface area contributed by atoms with Crippen molar-refractivity contribution in [3.05, 3.63) is 89.2 Å². The largest absolute Gasteiger partial charge is 0.486 e. The van der Waals surface area contributed by atoms with E-state index in [0.29, 0.717) is 41.5 Å². The Kier molecular flexibility index (Phi) is 5.08. The second-order valence-corrected chi connectivity index (χ2v) is 8.15. The summed E-state index contributed by atoms with van der Waals surface area (Å²) in [7, 11) is 0. The summed E-state index contributed by atoms with van der Waals surface area (Å²) >= 11 is 5.97. The van der Waals surface area contributed by atoms with Gasteiger partial charge in [-0.25, -0.2) is 0 Å². The zero-order chi connectivity index (χ0) is 21.4. The number of ether oxygens (including phenoxy) is 1. The second-order valence-electron chi connectivity index (χ2n) is 7.71. The number of anilines is 1. The number of hydrogen-bond acceptors (Lipinski definition) is 4. The van der Waals surface area contributed by atoms with Gasteiger partial charge in [0.2, 0.25) is 5.91 Å². The van der Waals surface area contributed by atoms with Gasteiger partial charge in [0, 0.05) is 29.4 Å². The zero-order valence-corrected chi connectivity index (χ0v) is 17.4. The van der Waals surface area contributed by atoms with E-state index in [0.717, 1.165) is 5.56 Å². The number of amides is 2. The molecular weight excluding hydrogens is 414 g/mol. The number of benzene rings is 2. The molecule has 2 atom stereocenters. The molecule has 2 bridgehead atoms. The first kappa shape index (κ1) is 19.6. The van der Waals surface area contributed by atoms with E-state index in [1.54, 1.807) is 46.5 Å². The van der Waals surface area contributed by atoms with Gasteiger partial charge in [0.25, 0.3) is 5.91 Å². The predicted molar refractivity (Wildman–Crippen MR) is 117 cm³/mol. The molecule has 156 valence electrons. The Morgan fingerprint density at radius 1 is 1.10 bits per heavy atom. The van der Waals surface area contributed by atoms with Crippen molar-refractivity contribution in [1.29, 1.82) is 0 Å². The molecule has 1 fully saturated rings. The molecule has 6 nitrogen and oxygen atoms in total. The number of pyridine rings is 1. The fourth-order valence-corrected chi connectivity index (χ4v) is 4.32. The monoisotopic (exact) mass is 433 g/mol. The fourth-order valence-electron chi connectivity index (χ4n) is 4.19. The van der Waals surface area contributed by atoms with Crippen LogP contribution in [0.1, 0.15) is 22.3 Å². The lowest BCUT2D eigenvalue weighted by Gasteiger charge is -2.31. The van der Waals surface area contributed by atoms with Crippen LogP contribution in [-0.2, 0) is 11.3 Å². The van der Waals surface area contributed by atoms with Crippen molar-refractivity contribution in [3.8, 4) is 5.75 Å². The molecule has 0 saturated carbocycles. The topological polar surface area (TPSA) is 62.7 Å². The second kappa shape index (κ2) is 8.04. The van der Waals surface area contributed by atoms with Gasteiger partial charge in [0.05, 0.1) is 18.8 Å². The Labute approximate surface area is 185 Å². The van der Waals surface area contributed by atoms with E-state index < -0.39 is 6.04 Å². The third kappa shape index (κ3) is 3.75. The van der Waals surface area contributed by atoms with Crippen molar-refractivity contribution in [2.45, 2.75) is 25.1 Å². The van der Waals surface area contributed by atoms with E-state index in [1.807, 2.05) is 36.4 Å². The average Bonchev–Trinajstić information content (AvgIpc) is 3.22. The van der Waals surface area contributed by atoms with Crippen LogP contribution in [-0.4, -0.2) is 40.4 Å². The summed E-state index contributed by atoms with van der Waals surface area (Å²) in [6.45, 7) is 0.699. The first-order chi connectivity index (χ1) is 15.1. The molecule has 7 heteroatoms. The van der Waals surface area contributed by atoms with Gasteiger partial charge < -0.3 is 14.5 Å². The number of rotatable bonds is 3. The van der Waals surface area contributed by atoms with Crippen LogP contribution in [0, 0.1) is 0 Å². The van der Waals surface area contributed by atoms with Crippen molar-refractivity contribution in [2.75, 3.05) is 11.4 Å². The lowest BCUT2D eigenvalue weighted by molar-refractivity contribution is -0.122. The summed E-state index contributed by atoms with van der Waals surface area (Å²) in [6, 6.07) is 17.4. The number of carbonyl (C=O) groups is 2. The van der Waals surface area contributed by atoms with E-state index in [-0.39, 0.29) is 17.9 Å². The van der Waals surface area contributed by atoms with Gasteiger partial charge in [-0.05, 0) is 48.0 Å².